The predicted octanol–water partition coefficient (Wildman–Crippen LogP) is 6.42. The number of rotatable bonds is 6. The molecule has 34 heavy (non-hydrogen) atoms. The van der Waals surface area contributed by atoms with Crippen molar-refractivity contribution >= 4 is 17.7 Å². The maximum absolute atomic E-state index is 13.2. The van der Waals surface area contributed by atoms with Gasteiger partial charge in [-0.15, -0.1) is 13.2 Å². The Morgan fingerprint density at radius 3 is 2.50 bits per heavy atom. The molecule has 6 nitrogen and oxygen atoms in total. The average Bonchev–Trinajstić information content (AvgIpc) is 3.53. The summed E-state index contributed by atoms with van der Waals surface area (Å²) in [7, 11) is 0. The lowest BCUT2D eigenvalue weighted by molar-refractivity contribution is -0.274. The second kappa shape index (κ2) is 8.52. The number of carboxylic acids is 1. The molecule has 4 rings (SSSR count). The molecule has 1 heterocycles. The third-order valence-corrected chi connectivity index (χ3v) is 6.40. The van der Waals surface area contributed by atoms with Crippen molar-refractivity contribution in [3.05, 3.63) is 47.0 Å². The Bertz CT molecular complexity index is 1140. The number of amides is 1. The molecule has 0 aromatic heterocycles. The second-order valence-corrected chi connectivity index (χ2v) is 9.11. The quantitative estimate of drug-likeness (QED) is 0.519. The Kier molecular flexibility index (Phi) is 5.99. The number of halogens is 3. The van der Waals surface area contributed by atoms with Gasteiger partial charge in [0.1, 0.15) is 11.9 Å². The number of anilines is 1. The van der Waals surface area contributed by atoms with E-state index in [1.807, 2.05) is 19.9 Å². The summed E-state index contributed by atoms with van der Waals surface area (Å²) in [5.74, 6) is -2.12. The van der Waals surface area contributed by atoms with Crippen LogP contribution in [-0.4, -0.2) is 30.1 Å². The number of ether oxygens (including phenoxy) is 2. The monoisotopic (exact) mass is 477 g/mol. The molecule has 1 saturated carbocycles. The van der Waals surface area contributed by atoms with Crippen molar-refractivity contribution in [2.45, 2.75) is 52.5 Å². The number of hydrogen-bond acceptors (Lipinski definition) is 4. The lowest BCUT2D eigenvalue weighted by Crippen LogP contribution is -2.38. The summed E-state index contributed by atoms with van der Waals surface area (Å²) in [6.45, 7) is 7.76. The molecule has 1 unspecified atom stereocenters. The van der Waals surface area contributed by atoms with Crippen LogP contribution in [0.2, 0.25) is 0 Å². The van der Waals surface area contributed by atoms with Gasteiger partial charge in [0.25, 0.3) is 0 Å². The molecule has 1 N–H and O–H groups in total. The number of aliphatic carboxylic acids is 1. The van der Waals surface area contributed by atoms with E-state index in [9.17, 15) is 27.9 Å². The van der Waals surface area contributed by atoms with Crippen molar-refractivity contribution < 1.29 is 37.3 Å². The zero-order valence-corrected chi connectivity index (χ0v) is 19.3. The van der Waals surface area contributed by atoms with Crippen molar-refractivity contribution in [3.63, 3.8) is 0 Å². The number of fused-ring (bicyclic) bond motifs is 1. The molecule has 1 aliphatic carbocycles. The van der Waals surface area contributed by atoms with E-state index >= 15 is 0 Å². The van der Waals surface area contributed by atoms with E-state index in [0.29, 0.717) is 35.3 Å². The van der Waals surface area contributed by atoms with E-state index in [4.69, 9.17) is 4.74 Å². The van der Waals surface area contributed by atoms with E-state index in [2.05, 4.69) is 4.74 Å². The molecule has 9 heteroatoms. The molecule has 1 aliphatic heterocycles. The maximum Gasteiger partial charge on any atom is 0.573 e. The highest BCUT2D eigenvalue weighted by molar-refractivity contribution is 5.93. The molecule has 1 fully saturated rings. The van der Waals surface area contributed by atoms with Gasteiger partial charge in [-0.25, -0.2) is 4.79 Å². The van der Waals surface area contributed by atoms with Crippen molar-refractivity contribution in [2.75, 3.05) is 11.4 Å². The van der Waals surface area contributed by atoms with Gasteiger partial charge in [0.05, 0.1) is 11.6 Å². The summed E-state index contributed by atoms with van der Waals surface area (Å²) in [5.41, 5.74) is 3.37. The van der Waals surface area contributed by atoms with Crippen molar-refractivity contribution in [3.8, 4) is 16.9 Å². The Hall–Kier alpha value is -3.23. The molecule has 1 amide bonds. The second-order valence-electron chi connectivity index (χ2n) is 9.11. The number of cyclic esters (lactones) is 1. The number of hydrogen-bond donors (Lipinski definition) is 1. The molecular formula is C25H26F3NO5. The molecule has 0 bridgehead atoms. The number of carbonyl (C=O) groups excluding carboxylic acids is 1. The lowest BCUT2D eigenvalue weighted by atomic mass is 9.89. The van der Waals surface area contributed by atoms with Gasteiger partial charge in [0, 0.05) is 17.7 Å². The van der Waals surface area contributed by atoms with Crippen LogP contribution in [0, 0.1) is 18.8 Å². The first-order valence-electron chi connectivity index (χ1n) is 11.2. The van der Waals surface area contributed by atoms with Gasteiger partial charge in [0.15, 0.2) is 0 Å². The summed E-state index contributed by atoms with van der Waals surface area (Å²) in [5, 5.41) is 9.28. The Balaban J connectivity index is 1.88. The summed E-state index contributed by atoms with van der Waals surface area (Å²) >= 11 is 0. The van der Waals surface area contributed by atoms with Crippen LogP contribution in [-0.2, 0) is 9.53 Å². The van der Waals surface area contributed by atoms with Gasteiger partial charge in [-0.05, 0) is 73.1 Å². The first-order chi connectivity index (χ1) is 15.9. The highest BCUT2D eigenvalue weighted by Crippen LogP contribution is 2.50. The van der Waals surface area contributed by atoms with Crippen LogP contribution in [0.5, 0.6) is 5.75 Å². The first kappa shape index (κ1) is 23.9. The zero-order valence-electron chi connectivity index (χ0n) is 19.3. The molecule has 2 aromatic carbocycles. The fourth-order valence-corrected chi connectivity index (χ4v) is 4.64. The van der Waals surface area contributed by atoms with Crippen LogP contribution in [0.1, 0.15) is 55.9 Å². The highest BCUT2D eigenvalue weighted by Gasteiger charge is 2.44. The molecule has 2 aliphatic rings. The third-order valence-electron chi connectivity index (χ3n) is 6.40. The summed E-state index contributed by atoms with van der Waals surface area (Å²) in [6, 6.07) is 7.83. The number of carboxylic acid groups (broad SMARTS) is 1. The summed E-state index contributed by atoms with van der Waals surface area (Å²) < 4.78 is 49.5. The molecule has 2 aromatic rings. The Morgan fingerprint density at radius 1 is 1.24 bits per heavy atom. The minimum absolute atomic E-state index is 0.00206. The van der Waals surface area contributed by atoms with Crippen LogP contribution in [0.4, 0.5) is 23.7 Å². The SMILES string of the molecule is CCN1C(=O)OC(C(C)C)c2cc(C)c(-c3cc([C@@H]4C[C@H]4C(=O)O)ccc3OC(F)(F)F)cc21. The van der Waals surface area contributed by atoms with Gasteiger partial charge >= 0.3 is 18.4 Å². The zero-order chi connectivity index (χ0) is 24.9. The van der Waals surface area contributed by atoms with Gasteiger partial charge < -0.3 is 14.6 Å². The minimum atomic E-state index is -4.90. The average molecular weight is 477 g/mol. The molecule has 0 radical (unpaired) electrons. The topological polar surface area (TPSA) is 76.1 Å². The standard InChI is InChI=1S/C25H26F3NO5/c1-5-29-20-11-15(13(4)8-19(20)22(12(2)3)33-24(29)32)17-9-14(16-10-18(16)23(30)31)6-7-21(17)34-25(26,27)28/h6-9,11-12,16,18,22H,5,10H2,1-4H3,(H,30,31)/t16-,18+,22?/m0/s1. The van der Waals surface area contributed by atoms with Crippen LogP contribution < -0.4 is 9.64 Å². The highest BCUT2D eigenvalue weighted by atomic mass is 19.4. The van der Waals surface area contributed by atoms with Gasteiger partial charge in [-0.2, -0.15) is 0 Å². The minimum Gasteiger partial charge on any atom is -0.481 e. The van der Waals surface area contributed by atoms with Crippen molar-refractivity contribution in [1.82, 2.24) is 0 Å². The van der Waals surface area contributed by atoms with Gasteiger partial charge in [-0.1, -0.05) is 19.9 Å². The molecule has 0 spiro atoms. The van der Waals surface area contributed by atoms with Crippen LogP contribution in [0.15, 0.2) is 30.3 Å². The number of benzene rings is 2. The Morgan fingerprint density at radius 2 is 1.94 bits per heavy atom. The van der Waals surface area contributed by atoms with Crippen molar-refractivity contribution in [1.29, 1.82) is 0 Å². The van der Waals surface area contributed by atoms with Crippen molar-refractivity contribution in [2.24, 2.45) is 11.8 Å². The summed E-state index contributed by atoms with van der Waals surface area (Å²) in [6.07, 6.45) is -5.45. The number of aryl methyl sites for hydroxylation is 1. The van der Waals surface area contributed by atoms with E-state index in [-0.39, 0.29) is 23.1 Å². The van der Waals surface area contributed by atoms with Gasteiger partial charge in [-0.3, -0.25) is 9.69 Å². The number of nitrogens with zero attached hydrogens (tertiary/aromatic N) is 1. The van der Waals surface area contributed by atoms with E-state index in [1.165, 1.54) is 17.0 Å². The number of alkyl halides is 3. The van der Waals surface area contributed by atoms with Crippen LogP contribution >= 0.6 is 0 Å². The predicted molar refractivity (Wildman–Crippen MR) is 119 cm³/mol. The molecule has 0 saturated heterocycles. The summed E-state index contributed by atoms with van der Waals surface area (Å²) in [4.78, 5) is 25.4. The largest absolute Gasteiger partial charge is 0.573 e. The molecule has 3 atom stereocenters. The normalized spacial score (nSPS) is 21.8. The Labute approximate surface area is 195 Å². The van der Waals surface area contributed by atoms with E-state index in [1.54, 1.807) is 26.0 Å². The first-order valence-corrected chi connectivity index (χ1v) is 11.2. The fourth-order valence-electron chi connectivity index (χ4n) is 4.64. The maximum atomic E-state index is 13.2. The van der Waals surface area contributed by atoms with E-state index in [0.717, 1.165) is 5.56 Å². The van der Waals surface area contributed by atoms with Gasteiger partial charge in [0.2, 0.25) is 0 Å². The number of carbonyl (C=O) groups is 2. The smallest absolute Gasteiger partial charge is 0.481 e. The fraction of sp³-hybridized carbons (Fsp3) is 0.440. The third kappa shape index (κ3) is 4.43. The molecule has 182 valence electrons. The van der Waals surface area contributed by atoms with E-state index < -0.39 is 30.4 Å². The lowest BCUT2D eigenvalue weighted by Gasteiger charge is -2.36. The molecular weight excluding hydrogens is 451 g/mol. The van der Waals surface area contributed by atoms with Crippen LogP contribution in [0.25, 0.3) is 11.1 Å². The van der Waals surface area contributed by atoms with Crippen LogP contribution in [0.3, 0.4) is 0 Å².